The molecule has 1 unspecified atom stereocenters. The number of guanidine groups is 1. The fourth-order valence-electron chi connectivity index (χ4n) is 3.14. The number of nitrogens with zero attached hydrogens (tertiary/aromatic N) is 4. The molecule has 1 aromatic rings. The maximum absolute atomic E-state index is 12.5. The van der Waals surface area contributed by atoms with Crippen molar-refractivity contribution in [2.45, 2.75) is 24.7 Å². The van der Waals surface area contributed by atoms with E-state index in [9.17, 15) is 13.5 Å². The molecule has 3 heterocycles. The zero-order valence-corrected chi connectivity index (χ0v) is 19.9. The molecule has 0 aliphatic carbocycles. The zero-order valence-electron chi connectivity index (χ0n) is 15.9. The van der Waals surface area contributed by atoms with Crippen molar-refractivity contribution in [3.63, 3.8) is 0 Å². The van der Waals surface area contributed by atoms with Crippen molar-refractivity contribution in [1.29, 1.82) is 0 Å². The lowest BCUT2D eigenvalue weighted by Crippen LogP contribution is -2.54. The van der Waals surface area contributed by atoms with Gasteiger partial charge >= 0.3 is 0 Å². The van der Waals surface area contributed by atoms with E-state index in [1.165, 1.54) is 10.6 Å². The van der Waals surface area contributed by atoms with E-state index in [0.29, 0.717) is 44.2 Å². The number of aliphatic hydroxyl groups is 1. The zero-order chi connectivity index (χ0) is 19.3. The van der Waals surface area contributed by atoms with Crippen molar-refractivity contribution >= 4 is 51.7 Å². The summed E-state index contributed by atoms with van der Waals surface area (Å²) in [7, 11) is -3.42. The van der Waals surface area contributed by atoms with Crippen LogP contribution >= 0.6 is 35.7 Å². The number of sulfonamides is 1. The van der Waals surface area contributed by atoms with Crippen molar-refractivity contribution in [3.05, 3.63) is 18.0 Å². The second-order valence-corrected chi connectivity index (χ2v) is 9.90. The lowest BCUT2D eigenvalue weighted by atomic mass is 10.0. The van der Waals surface area contributed by atoms with Gasteiger partial charge in [0.25, 0.3) is 0 Å². The second-order valence-electron chi connectivity index (χ2n) is 6.83. The first-order valence-electron chi connectivity index (χ1n) is 9.12. The van der Waals surface area contributed by atoms with Crippen molar-refractivity contribution in [2.75, 3.05) is 50.8 Å². The van der Waals surface area contributed by atoms with Crippen LogP contribution in [0.25, 0.3) is 0 Å². The fraction of sp³-hybridized carbons (Fsp3) is 0.750. The Bertz CT molecular complexity index is 730. The molecule has 0 amide bonds. The Balaban J connectivity index is 0.00000280. The van der Waals surface area contributed by atoms with Crippen LogP contribution in [0.5, 0.6) is 0 Å². The molecule has 0 radical (unpaired) electrons. The Morgan fingerprint density at radius 1 is 1.43 bits per heavy atom. The topological polar surface area (TPSA) is 111 Å². The summed E-state index contributed by atoms with van der Waals surface area (Å²) >= 11 is 1.75. The Morgan fingerprint density at radius 3 is 2.75 bits per heavy atom. The fourth-order valence-corrected chi connectivity index (χ4v) is 5.85. The van der Waals surface area contributed by atoms with E-state index in [4.69, 9.17) is 4.52 Å². The van der Waals surface area contributed by atoms with Crippen LogP contribution in [-0.4, -0.2) is 90.2 Å². The molecule has 0 bridgehead atoms. The molecule has 28 heavy (non-hydrogen) atoms. The molecule has 3 rings (SSSR count). The maximum Gasteiger partial charge on any atom is 0.220 e. The molecule has 1 aromatic heterocycles. The highest BCUT2D eigenvalue weighted by atomic mass is 127. The number of thioether (sulfide) groups is 1. The van der Waals surface area contributed by atoms with E-state index < -0.39 is 15.6 Å². The second kappa shape index (κ2) is 10.5. The summed E-state index contributed by atoms with van der Waals surface area (Å²) in [5.41, 5.74) is -0.316. The van der Waals surface area contributed by atoms with Gasteiger partial charge in [-0.05, 0) is 19.1 Å². The predicted octanol–water partition coefficient (Wildman–Crippen LogP) is 0.574. The average Bonchev–Trinajstić information content (AvgIpc) is 3.31. The molecule has 0 aromatic carbocycles. The number of rotatable bonds is 6. The summed E-state index contributed by atoms with van der Waals surface area (Å²) in [4.78, 5) is 6.67. The van der Waals surface area contributed by atoms with Crippen LogP contribution in [0.4, 0.5) is 0 Å². The first-order chi connectivity index (χ1) is 12.9. The molecule has 0 saturated carbocycles. The molecule has 2 N–H and O–H groups in total. The number of hydrogen-bond acceptors (Lipinski definition) is 7. The van der Waals surface area contributed by atoms with Crippen LogP contribution in [-0.2, 0) is 15.8 Å². The summed E-state index contributed by atoms with van der Waals surface area (Å²) in [6, 6.07) is 1.57. The lowest BCUT2D eigenvalue weighted by Gasteiger charge is -2.36. The monoisotopic (exact) mass is 545 g/mol. The largest absolute Gasteiger partial charge is 0.387 e. The van der Waals surface area contributed by atoms with E-state index in [-0.39, 0.29) is 29.7 Å². The van der Waals surface area contributed by atoms with Gasteiger partial charge in [-0.25, -0.2) is 8.42 Å². The molecule has 0 spiro atoms. The molecule has 9 nitrogen and oxygen atoms in total. The maximum atomic E-state index is 12.5. The van der Waals surface area contributed by atoms with Crippen LogP contribution in [0.3, 0.4) is 0 Å². The van der Waals surface area contributed by atoms with Crippen LogP contribution in [0, 0.1) is 0 Å². The van der Waals surface area contributed by atoms with Crippen LogP contribution in [0.15, 0.2) is 21.8 Å². The molecular formula is C16H28IN5O4S2. The number of aromatic nitrogens is 1. The molecule has 2 aliphatic heterocycles. The number of halogens is 1. The van der Waals surface area contributed by atoms with E-state index in [2.05, 4.69) is 20.4 Å². The Hall–Kier alpha value is -0.570. The van der Waals surface area contributed by atoms with Crippen molar-refractivity contribution in [2.24, 2.45) is 4.99 Å². The summed E-state index contributed by atoms with van der Waals surface area (Å²) < 4.78 is 31.3. The highest BCUT2D eigenvalue weighted by Gasteiger charge is 2.33. The number of piperazine rings is 1. The molecule has 1 atom stereocenters. The predicted molar refractivity (Wildman–Crippen MR) is 121 cm³/mol. The molecule has 12 heteroatoms. The number of aliphatic imine (C=N–C) groups is 1. The SMILES string of the molecule is CCNC(=NCC1(O)CCSC1)N1CCN(S(=O)(=O)Cc2ccon2)CC1.I. The minimum Gasteiger partial charge on any atom is -0.387 e. The van der Waals surface area contributed by atoms with Gasteiger partial charge in [-0.1, -0.05) is 5.16 Å². The van der Waals surface area contributed by atoms with Gasteiger partial charge < -0.3 is 19.8 Å². The Labute approximate surface area is 187 Å². The van der Waals surface area contributed by atoms with Gasteiger partial charge in [-0.3, -0.25) is 4.99 Å². The highest BCUT2D eigenvalue weighted by Crippen LogP contribution is 2.28. The van der Waals surface area contributed by atoms with Crippen molar-refractivity contribution < 1.29 is 18.0 Å². The molecular weight excluding hydrogens is 517 g/mol. The molecule has 2 aliphatic rings. The molecule has 2 fully saturated rings. The van der Waals surface area contributed by atoms with Gasteiger partial charge in [0.15, 0.2) is 5.96 Å². The highest BCUT2D eigenvalue weighted by molar-refractivity contribution is 14.0. The van der Waals surface area contributed by atoms with E-state index in [1.54, 1.807) is 17.8 Å². The first-order valence-corrected chi connectivity index (χ1v) is 11.9. The summed E-state index contributed by atoms with van der Waals surface area (Å²) in [5.74, 6) is 2.26. The minimum absolute atomic E-state index is 0. The van der Waals surface area contributed by atoms with Gasteiger partial charge in [-0.2, -0.15) is 16.1 Å². The molecule has 2 saturated heterocycles. The van der Waals surface area contributed by atoms with Gasteiger partial charge in [-0.15, -0.1) is 24.0 Å². The first kappa shape index (κ1) is 23.7. The van der Waals surface area contributed by atoms with Crippen LogP contribution < -0.4 is 5.32 Å². The lowest BCUT2D eigenvalue weighted by molar-refractivity contribution is 0.0774. The van der Waals surface area contributed by atoms with Gasteiger partial charge in [0.05, 0.1) is 17.8 Å². The van der Waals surface area contributed by atoms with Crippen molar-refractivity contribution in [1.82, 2.24) is 19.7 Å². The molecule has 160 valence electrons. The Kier molecular flexibility index (Phi) is 8.85. The van der Waals surface area contributed by atoms with Crippen LogP contribution in [0.2, 0.25) is 0 Å². The summed E-state index contributed by atoms with van der Waals surface area (Å²) in [6.07, 6.45) is 2.13. The number of hydrogen-bond donors (Lipinski definition) is 2. The van der Waals surface area contributed by atoms with E-state index in [0.717, 1.165) is 24.7 Å². The third kappa shape index (κ3) is 6.21. The summed E-state index contributed by atoms with van der Waals surface area (Å²) in [6.45, 7) is 4.97. The number of nitrogens with one attached hydrogen (secondary N) is 1. The van der Waals surface area contributed by atoms with Gasteiger partial charge in [0.1, 0.15) is 12.0 Å². The van der Waals surface area contributed by atoms with Crippen molar-refractivity contribution in [3.8, 4) is 0 Å². The third-order valence-corrected chi connectivity index (χ3v) is 7.74. The minimum atomic E-state index is -3.42. The Morgan fingerprint density at radius 2 is 2.18 bits per heavy atom. The van der Waals surface area contributed by atoms with E-state index >= 15 is 0 Å². The normalized spacial score (nSPS) is 24.2. The van der Waals surface area contributed by atoms with Crippen LogP contribution in [0.1, 0.15) is 19.0 Å². The quantitative estimate of drug-likeness (QED) is 0.304. The smallest absolute Gasteiger partial charge is 0.220 e. The average molecular weight is 545 g/mol. The third-order valence-electron chi connectivity index (χ3n) is 4.69. The van der Waals surface area contributed by atoms with E-state index in [1.807, 2.05) is 6.92 Å². The van der Waals surface area contributed by atoms with Gasteiger partial charge in [0.2, 0.25) is 10.0 Å². The van der Waals surface area contributed by atoms with Gasteiger partial charge in [0, 0.05) is 44.5 Å². The standard InChI is InChI=1S/C16H27N5O4S2.HI/c1-2-17-15(18-12-16(22)4-10-26-13-16)20-5-7-21(8-6-20)27(23,24)11-14-3-9-25-19-14;/h3,9,22H,2,4-8,10-13H2,1H3,(H,17,18);1H. The summed E-state index contributed by atoms with van der Waals surface area (Å²) in [5, 5.41) is 17.4.